The Morgan fingerprint density at radius 1 is 1.69 bits per heavy atom. The third-order valence-corrected chi connectivity index (χ3v) is 2.38. The Bertz CT molecular complexity index is 334. The second-order valence-electron chi connectivity index (χ2n) is 3.52. The topological polar surface area (TPSA) is 47.0 Å². The SMILES string of the molecule is Cc1cc(=O)n(C2CCCOC2)[nH]1. The Hall–Kier alpha value is -1.03. The van der Waals surface area contributed by atoms with Gasteiger partial charge in [0.15, 0.2) is 0 Å². The van der Waals surface area contributed by atoms with Gasteiger partial charge in [-0.25, -0.2) is 4.68 Å². The molecule has 1 aliphatic rings. The normalized spacial score (nSPS) is 23.3. The summed E-state index contributed by atoms with van der Waals surface area (Å²) in [5, 5.41) is 3.04. The summed E-state index contributed by atoms with van der Waals surface area (Å²) in [5.74, 6) is 0. The number of ether oxygens (including phenoxy) is 1. The molecule has 2 heterocycles. The Morgan fingerprint density at radius 2 is 2.54 bits per heavy atom. The molecule has 0 bridgehead atoms. The highest BCUT2D eigenvalue weighted by molar-refractivity contribution is 4.97. The predicted molar refractivity (Wildman–Crippen MR) is 48.9 cm³/mol. The molecule has 0 saturated carbocycles. The van der Waals surface area contributed by atoms with Crippen molar-refractivity contribution in [1.29, 1.82) is 0 Å². The standard InChI is InChI=1S/C9H14N2O2/c1-7-5-9(12)11(10-7)8-3-2-4-13-6-8/h5,8,10H,2-4,6H2,1H3. The van der Waals surface area contributed by atoms with Gasteiger partial charge in [-0.15, -0.1) is 0 Å². The third-order valence-electron chi connectivity index (χ3n) is 2.38. The lowest BCUT2D eigenvalue weighted by Gasteiger charge is -2.22. The largest absolute Gasteiger partial charge is 0.379 e. The van der Waals surface area contributed by atoms with Gasteiger partial charge in [0, 0.05) is 18.4 Å². The second kappa shape index (κ2) is 3.38. The van der Waals surface area contributed by atoms with E-state index in [0.29, 0.717) is 6.61 Å². The van der Waals surface area contributed by atoms with Crippen LogP contribution < -0.4 is 5.56 Å². The monoisotopic (exact) mass is 182 g/mol. The van der Waals surface area contributed by atoms with Crippen molar-refractivity contribution in [1.82, 2.24) is 9.78 Å². The molecule has 4 heteroatoms. The summed E-state index contributed by atoms with van der Waals surface area (Å²) in [4.78, 5) is 11.4. The van der Waals surface area contributed by atoms with Gasteiger partial charge in [-0.05, 0) is 19.8 Å². The van der Waals surface area contributed by atoms with Crippen LogP contribution in [0.1, 0.15) is 24.6 Å². The first-order valence-corrected chi connectivity index (χ1v) is 4.63. The van der Waals surface area contributed by atoms with Crippen LogP contribution in [0.5, 0.6) is 0 Å². The first kappa shape index (κ1) is 8.56. The lowest BCUT2D eigenvalue weighted by Crippen LogP contribution is -2.28. The van der Waals surface area contributed by atoms with Crippen molar-refractivity contribution in [2.75, 3.05) is 13.2 Å². The van der Waals surface area contributed by atoms with Crippen molar-refractivity contribution in [3.8, 4) is 0 Å². The molecule has 1 aromatic rings. The number of H-pyrrole nitrogens is 1. The molecule has 0 aliphatic carbocycles. The van der Waals surface area contributed by atoms with Crippen LogP contribution in [0.4, 0.5) is 0 Å². The van der Waals surface area contributed by atoms with Crippen LogP contribution in [0.3, 0.4) is 0 Å². The molecule has 1 unspecified atom stereocenters. The van der Waals surface area contributed by atoms with E-state index in [1.807, 2.05) is 6.92 Å². The van der Waals surface area contributed by atoms with Crippen molar-refractivity contribution in [2.45, 2.75) is 25.8 Å². The zero-order valence-corrected chi connectivity index (χ0v) is 7.75. The van der Waals surface area contributed by atoms with Crippen LogP contribution in [0.2, 0.25) is 0 Å². The van der Waals surface area contributed by atoms with Crippen molar-refractivity contribution in [2.24, 2.45) is 0 Å². The highest BCUT2D eigenvalue weighted by Crippen LogP contribution is 2.16. The maximum absolute atomic E-state index is 11.4. The Balaban J connectivity index is 2.23. The van der Waals surface area contributed by atoms with Crippen LogP contribution in [-0.4, -0.2) is 23.0 Å². The lowest BCUT2D eigenvalue weighted by atomic mass is 10.1. The molecule has 0 spiro atoms. The van der Waals surface area contributed by atoms with Gasteiger partial charge in [-0.2, -0.15) is 0 Å². The molecule has 1 atom stereocenters. The molecule has 1 fully saturated rings. The van der Waals surface area contributed by atoms with E-state index in [2.05, 4.69) is 5.10 Å². The van der Waals surface area contributed by atoms with Gasteiger partial charge in [0.2, 0.25) is 0 Å². The molecule has 4 nitrogen and oxygen atoms in total. The Kier molecular flexibility index (Phi) is 2.22. The van der Waals surface area contributed by atoms with Crippen LogP contribution >= 0.6 is 0 Å². The quantitative estimate of drug-likeness (QED) is 0.699. The molecule has 2 rings (SSSR count). The van der Waals surface area contributed by atoms with E-state index in [1.54, 1.807) is 10.7 Å². The predicted octanol–water partition coefficient (Wildman–Crippen LogP) is 0.836. The van der Waals surface area contributed by atoms with Crippen molar-refractivity contribution in [3.63, 3.8) is 0 Å². The number of hydrogen-bond donors (Lipinski definition) is 1. The fraction of sp³-hybridized carbons (Fsp3) is 0.667. The molecule has 0 radical (unpaired) electrons. The van der Waals surface area contributed by atoms with E-state index in [4.69, 9.17) is 4.74 Å². The number of nitrogens with one attached hydrogen (secondary N) is 1. The van der Waals surface area contributed by atoms with Gasteiger partial charge >= 0.3 is 0 Å². The second-order valence-corrected chi connectivity index (χ2v) is 3.52. The van der Waals surface area contributed by atoms with Gasteiger partial charge in [-0.1, -0.05) is 0 Å². The van der Waals surface area contributed by atoms with E-state index in [9.17, 15) is 4.79 Å². The average molecular weight is 182 g/mol. The maximum atomic E-state index is 11.4. The smallest absolute Gasteiger partial charge is 0.267 e. The number of hydrogen-bond acceptors (Lipinski definition) is 2. The highest BCUT2D eigenvalue weighted by Gasteiger charge is 2.17. The molecular formula is C9H14N2O2. The molecule has 1 aliphatic heterocycles. The number of rotatable bonds is 1. The van der Waals surface area contributed by atoms with Gasteiger partial charge in [0.05, 0.1) is 12.6 Å². The molecule has 0 amide bonds. The highest BCUT2D eigenvalue weighted by atomic mass is 16.5. The van der Waals surface area contributed by atoms with Crippen LogP contribution in [0, 0.1) is 6.92 Å². The maximum Gasteiger partial charge on any atom is 0.267 e. The van der Waals surface area contributed by atoms with Crippen LogP contribution in [0.25, 0.3) is 0 Å². The van der Waals surface area contributed by atoms with Gasteiger partial charge in [0.25, 0.3) is 5.56 Å². The zero-order valence-electron chi connectivity index (χ0n) is 7.75. The van der Waals surface area contributed by atoms with Crippen LogP contribution in [-0.2, 0) is 4.74 Å². The number of aromatic nitrogens is 2. The Labute approximate surface area is 76.5 Å². The first-order valence-electron chi connectivity index (χ1n) is 4.63. The van der Waals surface area contributed by atoms with E-state index >= 15 is 0 Å². The summed E-state index contributed by atoms with van der Waals surface area (Å²) in [6.45, 7) is 3.37. The van der Waals surface area contributed by atoms with E-state index in [0.717, 1.165) is 25.1 Å². The fourth-order valence-corrected chi connectivity index (χ4v) is 1.73. The van der Waals surface area contributed by atoms with E-state index < -0.39 is 0 Å². The van der Waals surface area contributed by atoms with E-state index in [1.165, 1.54) is 0 Å². The van der Waals surface area contributed by atoms with Crippen LogP contribution in [0.15, 0.2) is 10.9 Å². The third kappa shape index (κ3) is 1.67. The van der Waals surface area contributed by atoms with Crippen molar-refractivity contribution >= 4 is 0 Å². The summed E-state index contributed by atoms with van der Waals surface area (Å²) in [7, 11) is 0. The molecule has 1 N–H and O–H groups in total. The van der Waals surface area contributed by atoms with Crippen molar-refractivity contribution in [3.05, 3.63) is 22.1 Å². The number of aryl methyl sites for hydroxylation is 1. The average Bonchev–Trinajstić information content (AvgIpc) is 2.47. The molecule has 0 aromatic carbocycles. The summed E-state index contributed by atoms with van der Waals surface area (Å²) >= 11 is 0. The van der Waals surface area contributed by atoms with E-state index in [-0.39, 0.29) is 11.6 Å². The van der Waals surface area contributed by atoms with Gasteiger partial charge in [0.1, 0.15) is 0 Å². The molecule has 72 valence electrons. The summed E-state index contributed by atoms with van der Waals surface area (Å²) < 4.78 is 7.00. The number of aromatic amines is 1. The minimum Gasteiger partial charge on any atom is -0.379 e. The van der Waals surface area contributed by atoms with Gasteiger partial charge in [-0.3, -0.25) is 9.89 Å². The van der Waals surface area contributed by atoms with Crippen molar-refractivity contribution < 1.29 is 4.74 Å². The minimum absolute atomic E-state index is 0.0491. The fourth-order valence-electron chi connectivity index (χ4n) is 1.73. The number of nitrogens with zero attached hydrogens (tertiary/aromatic N) is 1. The Morgan fingerprint density at radius 3 is 3.08 bits per heavy atom. The lowest BCUT2D eigenvalue weighted by molar-refractivity contribution is 0.0537. The summed E-state index contributed by atoms with van der Waals surface area (Å²) in [5.41, 5.74) is 0.962. The zero-order chi connectivity index (χ0) is 9.26. The summed E-state index contributed by atoms with van der Waals surface area (Å²) in [6.07, 6.45) is 2.06. The van der Waals surface area contributed by atoms with Gasteiger partial charge < -0.3 is 4.74 Å². The molecule has 1 aromatic heterocycles. The molecule has 13 heavy (non-hydrogen) atoms. The molecular weight excluding hydrogens is 168 g/mol. The molecule has 1 saturated heterocycles. The minimum atomic E-state index is 0.0491. The summed E-state index contributed by atoms with van der Waals surface area (Å²) in [6, 6.07) is 1.82. The first-order chi connectivity index (χ1) is 6.27.